The molecule has 0 bridgehead atoms. The molecule has 3 rings (SSSR count). The highest BCUT2D eigenvalue weighted by atomic mass is 19.1. The Balaban J connectivity index is 1.58. The fourth-order valence-corrected chi connectivity index (χ4v) is 2.67. The van der Waals surface area contributed by atoms with Gasteiger partial charge in [0.15, 0.2) is 0 Å². The summed E-state index contributed by atoms with van der Waals surface area (Å²) in [6, 6.07) is 10.8. The second-order valence-electron chi connectivity index (χ2n) is 6.19. The van der Waals surface area contributed by atoms with Crippen molar-refractivity contribution in [2.45, 2.75) is 12.5 Å². The smallest absolute Gasteiger partial charge is 0.241 e. The number of amides is 1. The maximum absolute atomic E-state index is 13.1. The number of pyridine rings is 1. The number of hydrogen-bond donors (Lipinski definition) is 1. The minimum atomic E-state index is -0.516. The summed E-state index contributed by atoms with van der Waals surface area (Å²) in [5.41, 5.74) is 1.34. The van der Waals surface area contributed by atoms with Gasteiger partial charge in [0.2, 0.25) is 17.6 Å². The summed E-state index contributed by atoms with van der Waals surface area (Å²) >= 11 is 0. The molecule has 0 unspecified atom stereocenters. The van der Waals surface area contributed by atoms with E-state index in [0.29, 0.717) is 35.9 Å². The van der Waals surface area contributed by atoms with Gasteiger partial charge in [0, 0.05) is 19.2 Å². The van der Waals surface area contributed by atoms with Gasteiger partial charge in [-0.3, -0.25) is 14.7 Å². The van der Waals surface area contributed by atoms with Gasteiger partial charge in [0.25, 0.3) is 0 Å². The zero-order valence-corrected chi connectivity index (χ0v) is 15.1. The molecular weight excluding hydrogens is 349 g/mol. The van der Waals surface area contributed by atoms with Gasteiger partial charge in [-0.25, -0.2) is 4.39 Å². The molecule has 0 saturated heterocycles. The molecule has 1 amide bonds. The molecule has 1 aromatic carbocycles. The lowest BCUT2D eigenvalue weighted by Crippen LogP contribution is -2.37. The Morgan fingerprint density at radius 1 is 1.22 bits per heavy atom. The van der Waals surface area contributed by atoms with Crippen LogP contribution >= 0.6 is 0 Å². The standard InChI is InChI=1S/C19H20FN5O2/c1-25(2)17(13-6-8-14(20)9-7-13)19(26)22-12-10-16-23-18(24-27-16)15-5-3-4-11-21-15/h3-9,11,17H,10,12H2,1-2H3,(H,22,26)/t17-/m0/s1. The third-order valence-electron chi connectivity index (χ3n) is 3.95. The number of carbonyl (C=O) groups is 1. The number of nitrogens with zero attached hydrogens (tertiary/aromatic N) is 4. The maximum Gasteiger partial charge on any atom is 0.241 e. The topological polar surface area (TPSA) is 84.2 Å². The Morgan fingerprint density at radius 3 is 2.67 bits per heavy atom. The molecule has 2 heterocycles. The first-order valence-electron chi connectivity index (χ1n) is 8.48. The van der Waals surface area contributed by atoms with Crippen LogP contribution in [-0.4, -0.2) is 46.6 Å². The van der Waals surface area contributed by atoms with E-state index in [4.69, 9.17) is 4.52 Å². The number of hydrogen-bond acceptors (Lipinski definition) is 6. The van der Waals surface area contributed by atoms with Crippen molar-refractivity contribution in [3.63, 3.8) is 0 Å². The highest BCUT2D eigenvalue weighted by Crippen LogP contribution is 2.19. The summed E-state index contributed by atoms with van der Waals surface area (Å²) in [4.78, 5) is 22.8. The molecule has 0 aliphatic carbocycles. The largest absolute Gasteiger partial charge is 0.354 e. The lowest BCUT2D eigenvalue weighted by atomic mass is 10.1. The zero-order chi connectivity index (χ0) is 19.2. The highest BCUT2D eigenvalue weighted by molar-refractivity contribution is 5.83. The monoisotopic (exact) mass is 369 g/mol. The molecule has 3 aromatic rings. The Hall–Kier alpha value is -3.13. The van der Waals surface area contributed by atoms with Gasteiger partial charge < -0.3 is 9.84 Å². The molecule has 0 saturated carbocycles. The summed E-state index contributed by atoms with van der Waals surface area (Å²) in [6.07, 6.45) is 2.05. The average molecular weight is 369 g/mol. The molecule has 0 fully saturated rings. The normalized spacial score (nSPS) is 12.1. The summed E-state index contributed by atoms with van der Waals surface area (Å²) in [6.45, 7) is 0.341. The molecule has 27 heavy (non-hydrogen) atoms. The molecular formula is C19H20FN5O2. The van der Waals surface area contributed by atoms with Gasteiger partial charge in [-0.15, -0.1) is 0 Å². The first kappa shape index (κ1) is 18.7. The molecule has 0 aliphatic heterocycles. The summed E-state index contributed by atoms with van der Waals surface area (Å²) in [5, 5.41) is 6.76. The maximum atomic E-state index is 13.1. The summed E-state index contributed by atoms with van der Waals surface area (Å²) < 4.78 is 18.3. The van der Waals surface area contributed by atoms with Crippen molar-refractivity contribution in [1.82, 2.24) is 25.3 Å². The van der Waals surface area contributed by atoms with Crippen LogP contribution in [0.4, 0.5) is 4.39 Å². The summed E-state index contributed by atoms with van der Waals surface area (Å²) in [7, 11) is 3.59. The van der Waals surface area contributed by atoms with Crippen molar-refractivity contribution in [1.29, 1.82) is 0 Å². The number of halogens is 1. The van der Waals surface area contributed by atoms with E-state index in [2.05, 4.69) is 20.4 Å². The van der Waals surface area contributed by atoms with E-state index in [0.717, 1.165) is 0 Å². The van der Waals surface area contributed by atoms with E-state index in [9.17, 15) is 9.18 Å². The van der Waals surface area contributed by atoms with Crippen molar-refractivity contribution in [2.24, 2.45) is 0 Å². The number of nitrogens with one attached hydrogen (secondary N) is 1. The first-order chi connectivity index (χ1) is 13.0. The van der Waals surface area contributed by atoms with Gasteiger partial charge in [-0.1, -0.05) is 23.4 Å². The second-order valence-corrected chi connectivity index (χ2v) is 6.19. The van der Waals surface area contributed by atoms with Crippen molar-refractivity contribution >= 4 is 5.91 Å². The molecule has 1 atom stereocenters. The molecule has 0 spiro atoms. The first-order valence-corrected chi connectivity index (χ1v) is 8.48. The van der Waals surface area contributed by atoms with Crippen LogP contribution in [0.3, 0.4) is 0 Å². The number of rotatable bonds is 7. The van der Waals surface area contributed by atoms with Crippen LogP contribution in [0.5, 0.6) is 0 Å². The molecule has 0 aliphatic rings. The average Bonchev–Trinajstić information content (AvgIpc) is 3.13. The highest BCUT2D eigenvalue weighted by Gasteiger charge is 2.22. The zero-order valence-electron chi connectivity index (χ0n) is 15.1. The van der Waals surface area contributed by atoms with Crippen molar-refractivity contribution in [3.8, 4) is 11.5 Å². The van der Waals surface area contributed by atoms with E-state index >= 15 is 0 Å². The third kappa shape index (κ3) is 4.73. The molecule has 7 nitrogen and oxygen atoms in total. The number of carbonyl (C=O) groups excluding carboxylic acids is 1. The van der Waals surface area contributed by atoms with Crippen LogP contribution in [-0.2, 0) is 11.2 Å². The van der Waals surface area contributed by atoms with Crippen LogP contribution in [0.15, 0.2) is 53.2 Å². The van der Waals surface area contributed by atoms with E-state index < -0.39 is 6.04 Å². The Labute approximate surface area is 156 Å². The molecule has 0 radical (unpaired) electrons. The minimum Gasteiger partial charge on any atom is -0.354 e. The number of aromatic nitrogens is 3. The van der Waals surface area contributed by atoms with E-state index in [-0.39, 0.29) is 11.7 Å². The summed E-state index contributed by atoms with van der Waals surface area (Å²) in [5.74, 6) is 0.307. The van der Waals surface area contributed by atoms with Gasteiger partial charge in [-0.2, -0.15) is 4.98 Å². The molecule has 140 valence electrons. The van der Waals surface area contributed by atoms with E-state index in [1.165, 1.54) is 12.1 Å². The fourth-order valence-electron chi connectivity index (χ4n) is 2.67. The van der Waals surface area contributed by atoms with E-state index in [1.54, 1.807) is 43.4 Å². The molecule has 8 heteroatoms. The lowest BCUT2D eigenvalue weighted by molar-refractivity contribution is -0.125. The van der Waals surface area contributed by atoms with Gasteiger partial charge in [0.1, 0.15) is 17.6 Å². The van der Waals surface area contributed by atoms with Crippen LogP contribution in [0.25, 0.3) is 11.5 Å². The predicted octanol–water partition coefficient (Wildman–Crippen LogP) is 2.23. The van der Waals surface area contributed by atoms with Crippen molar-refractivity contribution in [3.05, 3.63) is 65.9 Å². The number of benzene rings is 1. The Bertz CT molecular complexity index is 881. The minimum absolute atomic E-state index is 0.184. The van der Waals surface area contributed by atoms with Gasteiger partial charge in [-0.05, 0) is 43.9 Å². The molecule has 2 aromatic heterocycles. The van der Waals surface area contributed by atoms with Crippen molar-refractivity contribution < 1.29 is 13.7 Å². The quantitative estimate of drug-likeness (QED) is 0.688. The van der Waals surface area contributed by atoms with Crippen LogP contribution in [0, 0.1) is 5.82 Å². The predicted molar refractivity (Wildman–Crippen MR) is 97.1 cm³/mol. The lowest BCUT2D eigenvalue weighted by Gasteiger charge is -2.23. The number of likely N-dealkylation sites (N-methyl/N-ethyl adjacent to an activating group) is 1. The fraction of sp³-hybridized carbons (Fsp3) is 0.263. The Morgan fingerprint density at radius 2 is 2.00 bits per heavy atom. The SMILES string of the molecule is CN(C)[C@H](C(=O)NCCc1nc(-c2ccccn2)no1)c1ccc(F)cc1. The van der Waals surface area contributed by atoms with Gasteiger partial charge in [0.05, 0.1) is 0 Å². The third-order valence-corrected chi connectivity index (χ3v) is 3.95. The van der Waals surface area contributed by atoms with Crippen LogP contribution in [0.1, 0.15) is 17.5 Å². The van der Waals surface area contributed by atoms with E-state index in [1.807, 2.05) is 12.1 Å². The second kappa shape index (κ2) is 8.50. The molecule has 1 N–H and O–H groups in total. The van der Waals surface area contributed by atoms with Crippen molar-refractivity contribution in [2.75, 3.05) is 20.6 Å². The van der Waals surface area contributed by atoms with Crippen LogP contribution < -0.4 is 5.32 Å². The van der Waals surface area contributed by atoms with Gasteiger partial charge >= 0.3 is 0 Å². The Kier molecular flexibility index (Phi) is 5.87. The van der Waals surface area contributed by atoms with Crippen LogP contribution in [0.2, 0.25) is 0 Å².